The van der Waals surface area contributed by atoms with Crippen molar-refractivity contribution >= 4 is 23.2 Å². The maximum atomic E-state index is 6.58. The van der Waals surface area contributed by atoms with Crippen LogP contribution in [0, 0.1) is 0 Å². The number of halogens is 2. The lowest BCUT2D eigenvalue weighted by Crippen LogP contribution is -2.43. The standard InChI is InChI=1S/C17H19Cl2N/c1-2-17(20,11-13-7-4-3-5-8-13)12-14-15(18)9-6-10-16(14)19/h3-10H,2,11-12,20H2,1H3. The summed E-state index contributed by atoms with van der Waals surface area (Å²) in [5.74, 6) is 0. The lowest BCUT2D eigenvalue weighted by atomic mass is 9.83. The Morgan fingerprint density at radius 1 is 0.900 bits per heavy atom. The van der Waals surface area contributed by atoms with E-state index in [0.717, 1.165) is 18.4 Å². The van der Waals surface area contributed by atoms with Gasteiger partial charge in [-0.2, -0.15) is 0 Å². The SMILES string of the molecule is CCC(N)(Cc1ccccc1)Cc1c(Cl)cccc1Cl. The molecule has 0 saturated carbocycles. The fourth-order valence-corrected chi connectivity index (χ4v) is 2.90. The average molecular weight is 308 g/mol. The van der Waals surface area contributed by atoms with Crippen molar-refractivity contribution in [3.8, 4) is 0 Å². The Morgan fingerprint density at radius 3 is 2.05 bits per heavy atom. The number of nitrogens with two attached hydrogens (primary N) is 1. The maximum Gasteiger partial charge on any atom is 0.0453 e. The Morgan fingerprint density at radius 2 is 1.50 bits per heavy atom. The Labute approximate surface area is 130 Å². The topological polar surface area (TPSA) is 26.0 Å². The summed E-state index contributed by atoms with van der Waals surface area (Å²) in [4.78, 5) is 0. The minimum Gasteiger partial charge on any atom is -0.325 e. The summed E-state index contributed by atoms with van der Waals surface area (Å²) >= 11 is 12.5. The molecule has 0 fully saturated rings. The lowest BCUT2D eigenvalue weighted by molar-refractivity contribution is 0.404. The van der Waals surface area contributed by atoms with Crippen LogP contribution in [0.3, 0.4) is 0 Å². The van der Waals surface area contributed by atoms with Crippen LogP contribution >= 0.6 is 23.2 Å². The van der Waals surface area contributed by atoms with Crippen LogP contribution in [0.2, 0.25) is 10.0 Å². The highest BCUT2D eigenvalue weighted by Crippen LogP contribution is 2.30. The van der Waals surface area contributed by atoms with Crippen molar-refractivity contribution in [3.63, 3.8) is 0 Å². The molecule has 0 aromatic heterocycles. The Hall–Kier alpha value is -1.02. The summed E-state index contributed by atoms with van der Waals surface area (Å²) in [5.41, 5.74) is 8.42. The second-order valence-electron chi connectivity index (χ2n) is 5.26. The van der Waals surface area contributed by atoms with Gasteiger partial charge in [0, 0.05) is 15.6 Å². The Balaban J connectivity index is 2.23. The van der Waals surface area contributed by atoms with Crippen LogP contribution < -0.4 is 5.73 Å². The summed E-state index contributed by atoms with van der Waals surface area (Å²) < 4.78 is 0. The number of rotatable bonds is 5. The van der Waals surface area contributed by atoms with E-state index in [-0.39, 0.29) is 5.54 Å². The van der Waals surface area contributed by atoms with E-state index in [4.69, 9.17) is 28.9 Å². The first-order chi connectivity index (χ1) is 9.54. The van der Waals surface area contributed by atoms with E-state index in [2.05, 4.69) is 19.1 Å². The zero-order chi connectivity index (χ0) is 14.6. The molecule has 2 aromatic carbocycles. The molecule has 0 amide bonds. The van der Waals surface area contributed by atoms with Crippen LogP contribution in [-0.2, 0) is 12.8 Å². The van der Waals surface area contributed by atoms with Crippen LogP contribution in [0.25, 0.3) is 0 Å². The van der Waals surface area contributed by atoms with E-state index in [1.807, 2.05) is 36.4 Å². The van der Waals surface area contributed by atoms with Crippen molar-refractivity contribution in [2.75, 3.05) is 0 Å². The van der Waals surface area contributed by atoms with Crippen molar-refractivity contribution in [1.29, 1.82) is 0 Å². The van der Waals surface area contributed by atoms with Crippen molar-refractivity contribution in [2.24, 2.45) is 5.73 Å². The molecule has 2 rings (SSSR count). The number of benzene rings is 2. The lowest BCUT2D eigenvalue weighted by Gasteiger charge is -2.29. The minimum atomic E-state index is -0.337. The molecule has 0 saturated heterocycles. The summed E-state index contributed by atoms with van der Waals surface area (Å²) in [6.45, 7) is 2.10. The predicted octanol–water partition coefficient (Wildman–Crippen LogP) is 4.89. The summed E-state index contributed by atoms with van der Waals surface area (Å²) in [6.07, 6.45) is 2.35. The first-order valence-electron chi connectivity index (χ1n) is 6.80. The van der Waals surface area contributed by atoms with Crippen LogP contribution in [0.1, 0.15) is 24.5 Å². The van der Waals surface area contributed by atoms with Gasteiger partial charge in [-0.1, -0.05) is 66.5 Å². The third-order valence-corrected chi connectivity index (χ3v) is 4.40. The Bertz CT molecular complexity index is 548. The number of hydrogen-bond donors (Lipinski definition) is 1. The molecule has 106 valence electrons. The zero-order valence-electron chi connectivity index (χ0n) is 11.6. The molecule has 0 spiro atoms. The Kier molecular flexibility index (Phi) is 5.09. The molecule has 0 aliphatic rings. The number of hydrogen-bond acceptors (Lipinski definition) is 1. The van der Waals surface area contributed by atoms with Gasteiger partial charge in [0.1, 0.15) is 0 Å². The van der Waals surface area contributed by atoms with Crippen LogP contribution in [0.4, 0.5) is 0 Å². The van der Waals surface area contributed by atoms with Crippen molar-refractivity contribution in [3.05, 3.63) is 69.7 Å². The van der Waals surface area contributed by atoms with Crippen LogP contribution in [0.15, 0.2) is 48.5 Å². The van der Waals surface area contributed by atoms with E-state index in [1.54, 1.807) is 0 Å². The van der Waals surface area contributed by atoms with Gasteiger partial charge in [-0.3, -0.25) is 0 Å². The highest BCUT2D eigenvalue weighted by atomic mass is 35.5. The average Bonchev–Trinajstić information content (AvgIpc) is 2.44. The van der Waals surface area contributed by atoms with E-state index in [9.17, 15) is 0 Å². The van der Waals surface area contributed by atoms with E-state index in [0.29, 0.717) is 16.5 Å². The normalized spacial score (nSPS) is 14.0. The van der Waals surface area contributed by atoms with Gasteiger partial charge in [-0.15, -0.1) is 0 Å². The van der Waals surface area contributed by atoms with Gasteiger partial charge in [0.15, 0.2) is 0 Å². The van der Waals surface area contributed by atoms with Crippen molar-refractivity contribution in [2.45, 2.75) is 31.7 Å². The van der Waals surface area contributed by atoms with Gasteiger partial charge in [0.25, 0.3) is 0 Å². The van der Waals surface area contributed by atoms with E-state index in [1.165, 1.54) is 5.56 Å². The van der Waals surface area contributed by atoms with Gasteiger partial charge in [0.2, 0.25) is 0 Å². The van der Waals surface area contributed by atoms with E-state index >= 15 is 0 Å². The predicted molar refractivity (Wildman–Crippen MR) is 87.5 cm³/mol. The summed E-state index contributed by atoms with van der Waals surface area (Å²) in [6, 6.07) is 15.9. The van der Waals surface area contributed by atoms with Gasteiger partial charge >= 0.3 is 0 Å². The first kappa shape index (κ1) is 15.4. The van der Waals surface area contributed by atoms with Crippen LogP contribution in [0.5, 0.6) is 0 Å². The molecule has 0 heterocycles. The van der Waals surface area contributed by atoms with Gasteiger partial charge in [0.05, 0.1) is 0 Å². The molecular weight excluding hydrogens is 289 g/mol. The zero-order valence-corrected chi connectivity index (χ0v) is 13.1. The highest BCUT2D eigenvalue weighted by molar-refractivity contribution is 6.36. The maximum absolute atomic E-state index is 6.58. The molecule has 2 N–H and O–H groups in total. The first-order valence-corrected chi connectivity index (χ1v) is 7.55. The fourth-order valence-electron chi connectivity index (χ4n) is 2.37. The third-order valence-electron chi connectivity index (χ3n) is 3.69. The third kappa shape index (κ3) is 3.76. The minimum absolute atomic E-state index is 0.337. The summed E-state index contributed by atoms with van der Waals surface area (Å²) in [7, 11) is 0. The molecule has 2 aromatic rings. The summed E-state index contributed by atoms with van der Waals surface area (Å²) in [5, 5.41) is 1.38. The quantitative estimate of drug-likeness (QED) is 0.836. The molecule has 1 atom stereocenters. The molecule has 1 unspecified atom stereocenters. The molecule has 0 bridgehead atoms. The molecule has 0 aliphatic carbocycles. The second kappa shape index (κ2) is 6.62. The van der Waals surface area contributed by atoms with Gasteiger partial charge in [-0.25, -0.2) is 0 Å². The van der Waals surface area contributed by atoms with E-state index < -0.39 is 0 Å². The molecule has 0 radical (unpaired) electrons. The molecule has 20 heavy (non-hydrogen) atoms. The molecular formula is C17H19Cl2N. The van der Waals surface area contributed by atoms with Crippen molar-refractivity contribution in [1.82, 2.24) is 0 Å². The highest BCUT2D eigenvalue weighted by Gasteiger charge is 2.25. The fraction of sp³-hybridized carbons (Fsp3) is 0.294. The van der Waals surface area contributed by atoms with Gasteiger partial charge < -0.3 is 5.73 Å². The largest absolute Gasteiger partial charge is 0.325 e. The smallest absolute Gasteiger partial charge is 0.0453 e. The van der Waals surface area contributed by atoms with Crippen molar-refractivity contribution < 1.29 is 0 Å². The molecule has 1 nitrogen and oxygen atoms in total. The second-order valence-corrected chi connectivity index (χ2v) is 6.07. The van der Waals surface area contributed by atoms with Crippen LogP contribution in [-0.4, -0.2) is 5.54 Å². The molecule has 0 aliphatic heterocycles. The molecule has 3 heteroatoms. The monoisotopic (exact) mass is 307 g/mol. The van der Waals surface area contributed by atoms with Gasteiger partial charge in [-0.05, 0) is 42.5 Å².